The summed E-state index contributed by atoms with van der Waals surface area (Å²) in [5, 5.41) is 0.331. The molecule has 0 aromatic rings. The highest BCUT2D eigenvalue weighted by molar-refractivity contribution is 7.34. The Morgan fingerprint density at radius 1 is 1.11 bits per heavy atom. The molecule has 0 heterocycles. The molecule has 0 fully saturated rings. The van der Waals surface area contributed by atoms with Crippen LogP contribution in [0.25, 0.3) is 0 Å². The third-order valence-corrected chi connectivity index (χ3v) is 3.11. The smallest absolute Gasteiger partial charge is 0.146 e. The van der Waals surface area contributed by atoms with Crippen LogP contribution in [0, 0.1) is 0 Å². The van der Waals surface area contributed by atoms with Gasteiger partial charge in [-0.1, -0.05) is 34.8 Å². The number of allylic oxidation sites excluding steroid dienone is 1. The van der Waals surface area contributed by atoms with Crippen LogP contribution < -0.4 is 0 Å². The average Bonchev–Trinajstić information content (AvgIpc) is 1.63. The summed E-state index contributed by atoms with van der Waals surface area (Å²) in [6.07, 6.45) is 0. The first-order chi connectivity index (χ1) is 4.04. The lowest BCUT2D eigenvalue weighted by molar-refractivity contribution is 1.64. The van der Waals surface area contributed by atoms with E-state index in [1.54, 1.807) is 0 Å². The highest BCUT2D eigenvalue weighted by Gasteiger charge is 2.07. The topological polar surface area (TPSA) is 0 Å². The van der Waals surface area contributed by atoms with Crippen LogP contribution >= 0.6 is 57.0 Å². The third-order valence-electron chi connectivity index (χ3n) is 0.494. The van der Waals surface area contributed by atoms with Crippen molar-refractivity contribution in [2.75, 3.05) is 0 Å². The van der Waals surface area contributed by atoms with Crippen molar-refractivity contribution in [2.45, 2.75) is 6.04 Å². The Morgan fingerprint density at radius 3 is 1.67 bits per heavy atom. The van der Waals surface area contributed by atoms with E-state index in [0.717, 1.165) is 0 Å². The van der Waals surface area contributed by atoms with E-state index < -0.39 is 7.42 Å². The molecule has 0 saturated carbocycles. The maximum absolute atomic E-state index is 5.48. The van der Waals surface area contributed by atoms with Gasteiger partial charge in [-0.3, -0.25) is 0 Å². The van der Waals surface area contributed by atoms with Crippen LogP contribution in [0.1, 0.15) is 0 Å². The standard InChI is InChI=1S/C3H2Cl5Si/c4-2(3(5)6)1-9(7)8/h1H2. The largest absolute Gasteiger partial charge is 0.279 e. The molecule has 53 valence electrons. The third kappa shape index (κ3) is 5.83. The van der Waals surface area contributed by atoms with Crippen molar-refractivity contribution < 1.29 is 0 Å². The van der Waals surface area contributed by atoms with E-state index in [0.29, 0.717) is 11.1 Å². The zero-order valence-electron chi connectivity index (χ0n) is 4.10. The quantitative estimate of drug-likeness (QED) is 0.510. The Labute approximate surface area is 79.7 Å². The van der Waals surface area contributed by atoms with Crippen LogP contribution in [0.5, 0.6) is 0 Å². The van der Waals surface area contributed by atoms with Gasteiger partial charge in [-0.25, -0.2) is 0 Å². The lowest BCUT2D eigenvalue weighted by Crippen LogP contribution is -1.90. The van der Waals surface area contributed by atoms with Crippen molar-refractivity contribution in [3.63, 3.8) is 0 Å². The maximum Gasteiger partial charge on any atom is 0.279 e. The summed E-state index contributed by atoms with van der Waals surface area (Å²) in [4.78, 5) is 0. The monoisotopic (exact) mass is 241 g/mol. The highest BCUT2D eigenvalue weighted by atomic mass is 35.7. The molecule has 1 radical (unpaired) electrons. The van der Waals surface area contributed by atoms with Crippen molar-refractivity contribution in [2.24, 2.45) is 0 Å². The van der Waals surface area contributed by atoms with Gasteiger partial charge in [0.15, 0.2) is 0 Å². The zero-order valence-corrected chi connectivity index (χ0v) is 8.88. The number of rotatable bonds is 2. The molecule has 0 aromatic heterocycles. The first-order valence-corrected chi connectivity index (χ1v) is 6.77. The van der Waals surface area contributed by atoms with Gasteiger partial charge in [-0.15, -0.1) is 22.2 Å². The molecule has 0 aliphatic heterocycles. The van der Waals surface area contributed by atoms with E-state index >= 15 is 0 Å². The minimum Gasteiger partial charge on any atom is -0.146 e. The van der Waals surface area contributed by atoms with Crippen LogP contribution in [-0.4, -0.2) is 7.42 Å². The molecule has 0 rings (SSSR count). The molecule has 0 bridgehead atoms. The molecule has 9 heavy (non-hydrogen) atoms. The zero-order chi connectivity index (χ0) is 7.44. The molecule has 0 nitrogen and oxygen atoms in total. The Morgan fingerprint density at radius 2 is 1.56 bits per heavy atom. The lowest BCUT2D eigenvalue weighted by Gasteiger charge is -1.94. The summed E-state index contributed by atoms with van der Waals surface area (Å²) >= 11 is 26.9. The van der Waals surface area contributed by atoms with Crippen molar-refractivity contribution >= 4 is 64.4 Å². The summed E-state index contributed by atoms with van der Waals surface area (Å²) in [7, 11) is -1.39. The SMILES string of the molecule is ClC(Cl)=C(Cl)C[Si](Cl)Cl. The number of hydrogen-bond donors (Lipinski definition) is 0. The summed E-state index contributed by atoms with van der Waals surface area (Å²) in [6, 6.07) is 0.387. The van der Waals surface area contributed by atoms with Crippen molar-refractivity contribution in [1.29, 1.82) is 0 Å². The Balaban J connectivity index is 3.77. The Bertz CT molecular complexity index is 115. The van der Waals surface area contributed by atoms with Crippen LogP contribution in [0.3, 0.4) is 0 Å². The predicted molar refractivity (Wildman–Crippen MR) is 46.9 cm³/mol. The summed E-state index contributed by atoms with van der Waals surface area (Å²) in [6.45, 7) is 0. The van der Waals surface area contributed by atoms with Crippen LogP contribution in [0.4, 0.5) is 0 Å². The molecule has 6 heteroatoms. The molecule has 0 amide bonds. The van der Waals surface area contributed by atoms with Gasteiger partial charge in [-0.2, -0.15) is 0 Å². The maximum atomic E-state index is 5.48. The molecular formula is C3H2Cl5Si. The van der Waals surface area contributed by atoms with E-state index in [4.69, 9.17) is 57.0 Å². The molecule has 0 unspecified atom stereocenters. The minimum absolute atomic E-state index is 0.0421. The van der Waals surface area contributed by atoms with E-state index in [2.05, 4.69) is 0 Å². The van der Waals surface area contributed by atoms with Crippen molar-refractivity contribution in [3.05, 3.63) is 9.52 Å². The van der Waals surface area contributed by atoms with Crippen LogP contribution in [0.2, 0.25) is 6.04 Å². The van der Waals surface area contributed by atoms with Crippen LogP contribution in [-0.2, 0) is 0 Å². The van der Waals surface area contributed by atoms with Gasteiger partial charge in [0.1, 0.15) is 4.49 Å². The van der Waals surface area contributed by atoms with Gasteiger partial charge >= 0.3 is 0 Å². The summed E-state index contributed by atoms with van der Waals surface area (Å²) in [5.74, 6) is 0. The molecule has 0 spiro atoms. The fourth-order valence-electron chi connectivity index (χ4n) is 0.184. The molecule has 0 aromatic carbocycles. The molecule has 0 saturated heterocycles. The van der Waals surface area contributed by atoms with Crippen molar-refractivity contribution in [3.8, 4) is 0 Å². The Kier molecular flexibility index (Phi) is 5.91. The fraction of sp³-hybridized carbons (Fsp3) is 0.333. The van der Waals surface area contributed by atoms with Gasteiger partial charge in [0.25, 0.3) is 7.42 Å². The van der Waals surface area contributed by atoms with Crippen molar-refractivity contribution in [1.82, 2.24) is 0 Å². The number of hydrogen-bond acceptors (Lipinski definition) is 0. The second kappa shape index (κ2) is 5.11. The van der Waals surface area contributed by atoms with E-state index in [-0.39, 0.29) is 4.49 Å². The summed E-state index contributed by atoms with van der Waals surface area (Å²) < 4.78 is 0.0421. The van der Waals surface area contributed by atoms with Crippen LogP contribution in [0.15, 0.2) is 9.52 Å². The highest BCUT2D eigenvalue weighted by Crippen LogP contribution is 2.24. The average molecular weight is 243 g/mol. The molecule has 0 N–H and O–H groups in total. The van der Waals surface area contributed by atoms with Gasteiger partial charge in [0.05, 0.1) is 0 Å². The van der Waals surface area contributed by atoms with Gasteiger partial charge in [0, 0.05) is 11.1 Å². The minimum atomic E-state index is -1.39. The second-order valence-corrected chi connectivity index (χ2v) is 6.94. The number of halogens is 5. The van der Waals surface area contributed by atoms with Gasteiger partial charge in [0.2, 0.25) is 0 Å². The molecular weight excluding hydrogens is 241 g/mol. The fourth-order valence-corrected chi connectivity index (χ4v) is 2.57. The Hall–Kier alpha value is 1.41. The molecule has 0 aliphatic carbocycles. The van der Waals surface area contributed by atoms with Gasteiger partial charge < -0.3 is 0 Å². The van der Waals surface area contributed by atoms with E-state index in [1.807, 2.05) is 0 Å². The molecule has 0 aliphatic rings. The van der Waals surface area contributed by atoms with Gasteiger partial charge in [-0.05, 0) is 0 Å². The lowest BCUT2D eigenvalue weighted by atomic mass is 10.7. The first kappa shape index (κ1) is 10.4. The predicted octanol–water partition coefficient (Wildman–Crippen LogP) is 3.84. The second-order valence-electron chi connectivity index (χ2n) is 1.18. The summed E-state index contributed by atoms with van der Waals surface area (Å²) in [5.41, 5.74) is 0. The van der Waals surface area contributed by atoms with E-state index in [1.165, 1.54) is 0 Å². The normalized spacial score (nSPS) is 10.0. The first-order valence-electron chi connectivity index (χ1n) is 1.90. The van der Waals surface area contributed by atoms with E-state index in [9.17, 15) is 0 Å². The molecule has 0 atom stereocenters.